The summed E-state index contributed by atoms with van der Waals surface area (Å²) >= 11 is 0. The number of anilines is 2. The molecule has 2 aromatic heterocycles. The highest BCUT2D eigenvalue weighted by atomic mass is 16.5. The van der Waals surface area contributed by atoms with Crippen molar-refractivity contribution in [2.45, 2.75) is 13.3 Å². The molecular weight excluding hydrogens is 266 g/mol. The summed E-state index contributed by atoms with van der Waals surface area (Å²) < 4.78 is 5.32. The molecule has 0 amide bonds. The zero-order valence-electron chi connectivity index (χ0n) is 11.6. The van der Waals surface area contributed by atoms with Gasteiger partial charge in [0.05, 0.1) is 0 Å². The second kappa shape index (κ2) is 5.24. The third-order valence-electron chi connectivity index (χ3n) is 3.18. The highest BCUT2D eigenvalue weighted by molar-refractivity contribution is 5.68. The fourth-order valence-corrected chi connectivity index (χ4v) is 2.18. The van der Waals surface area contributed by atoms with E-state index in [0.29, 0.717) is 28.7 Å². The molecule has 4 N–H and O–H groups in total. The van der Waals surface area contributed by atoms with Crippen molar-refractivity contribution in [1.82, 2.24) is 15.1 Å². The van der Waals surface area contributed by atoms with Crippen molar-refractivity contribution in [3.63, 3.8) is 0 Å². The first kappa shape index (κ1) is 13.1. The predicted molar refractivity (Wildman–Crippen MR) is 81.2 cm³/mol. The summed E-state index contributed by atoms with van der Waals surface area (Å²) in [5.74, 6) is 0.924. The van der Waals surface area contributed by atoms with Crippen LogP contribution >= 0.6 is 0 Å². The maximum Gasteiger partial charge on any atom is 0.258 e. The summed E-state index contributed by atoms with van der Waals surface area (Å²) in [4.78, 5) is 8.54. The Kier molecular flexibility index (Phi) is 3.27. The minimum Gasteiger partial charge on any atom is -0.399 e. The monoisotopic (exact) mass is 281 g/mol. The lowest BCUT2D eigenvalue weighted by Crippen LogP contribution is -1.92. The zero-order chi connectivity index (χ0) is 14.8. The molecule has 0 atom stereocenters. The van der Waals surface area contributed by atoms with Gasteiger partial charge >= 0.3 is 0 Å². The van der Waals surface area contributed by atoms with E-state index in [1.165, 1.54) is 0 Å². The van der Waals surface area contributed by atoms with Crippen LogP contribution in [0.3, 0.4) is 0 Å². The summed E-state index contributed by atoms with van der Waals surface area (Å²) in [6.45, 7) is 2.06. The fourth-order valence-electron chi connectivity index (χ4n) is 2.18. The maximum atomic E-state index is 5.78. The van der Waals surface area contributed by atoms with Crippen LogP contribution in [0.15, 0.2) is 41.2 Å². The van der Waals surface area contributed by atoms with E-state index in [1.54, 1.807) is 24.4 Å². The molecule has 0 radical (unpaired) electrons. The van der Waals surface area contributed by atoms with Gasteiger partial charge in [-0.05, 0) is 36.2 Å². The first-order chi connectivity index (χ1) is 10.2. The summed E-state index contributed by atoms with van der Waals surface area (Å²) in [7, 11) is 0. The van der Waals surface area contributed by atoms with Crippen molar-refractivity contribution in [3.05, 3.63) is 42.2 Å². The summed E-state index contributed by atoms with van der Waals surface area (Å²) in [6.07, 6.45) is 4.37. The van der Waals surface area contributed by atoms with Crippen molar-refractivity contribution in [2.75, 3.05) is 11.5 Å². The molecule has 0 aliphatic heterocycles. The standard InChI is InChI=1S/C15H15N5O/c1-2-9-8-18-4-3-13(9)14-19-15(21-20-14)10-5-11(16)7-12(17)6-10/h3-8H,2,16-17H2,1H3. The predicted octanol–water partition coefficient (Wildman–Crippen LogP) is 2.53. The highest BCUT2D eigenvalue weighted by Crippen LogP contribution is 2.27. The van der Waals surface area contributed by atoms with E-state index in [9.17, 15) is 0 Å². The Bertz CT molecular complexity index is 761. The number of nitrogens with zero attached hydrogens (tertiary/aromatic N) is 3. The number of rotatable bonds is 3. The van der Waals surface area contributed by atoms with Gasteiger partial charge in [0.1, 0.15) is 0 Å². The average molecular weight is 281 g/mol. The molecule has 0 aliphatic carbocycles. The second-order valence-corrected chi connectivity index (χ2v) is 4.70. The Morgan fingerprint density at radius 1 is 1.14 bits per heavy atom. The summed E-state index contributed by atoms with van der Waals surface area (Å²) in [6, 6.07) is 7.06. The van der Waals surface area contributed by atoms with Crippen molar-refractivity contribution >= 4 is 11.4 Å². The number of nitrogens with two attached hydrogens (primary N) is 2. The van der Waals surface area contributed by atoms with Crippen LogP contribution in [0.4, 0.5) is 11.4 Å². The quantitative estimate of drug-likeness (QED) is 0.715. The Hall–Kier alpha value is -2.89. The lowest BCUT2D eigenvalue weighted by molar-refractivity contribution is 0.432. The van der Waals surface area contributed by atoms with Gasteiger partial charge in [-0.15, -0.1) is 0 Å². The molecule has 21 heavy (non-hydrogen) atoms. The van der Waals surface area contributed by atoms with E-state index in [-0.39, 0.29) is 0 Å². The van der Waals surface area contributed by atoms with Gasteiger partial charge in [-0.1, -0.05) is 12.1 Å². The van der Waals surface area contributed by atoms with Crippen molar-refractivity contribution in [1.29, 1.82) is 0 Å². The molecule has 1 aromatic carbocycles. The van der Waals surface area contributed by atoms with Crippen LogP contribution in [0.2, 0.25) is 0 Å². The molecule has 3 rings (SSSR count). The zero-order valence-corrected chi connectivity index (χ0v) is 11.6. The number of benzene rings is 1. The smallest absolute Gasteiger partial charge is 0.258 e. The van der Waals surface area contributed by atoms with Crippen molar-refractivity contribution < 1.29 is 4.52 Å². The van der Waals surface area contributed by atoms with Crippen LogP contribution in [0.1, 0.15) is 12.5 Å². The lowest BCUT2D eigenvalue weighted by Gasteiger charge is -2.01. The van der Waals surface area contributed by atoms with Crippen molar-refractivity contribution in [3.8, 4) is 22.8 Å². The van der Waals surface area contributed by atoms with Crippen LogP contribution in [0, 0.1) is 0 Å². The van der Waals surface area contributed by atoms with E-state index in [0.717, 1.165) is 17.5 Å². The topological polar surface area (TPSA) is 104 Å². The van der Waals surface area contributed by atoms with E-state index in [2.05, 4.69) is 22.0 Å². The Morgan fingerprint density at radius 3 is 2.62 bits per heavy atom. The van der Waals surface area contributed by atoms with Crippen LogP contribution in [-0.2, 0) is 6.42 Å². The molecule has 0 bridgehead atoms. The van der Waals surface area contributed by atoms with Gasteiger partial charge in [0.2, 0.25) is 5.82 Å². The molecule has 6 heteroatoms. The number of aryl methyl sites for hydroxylation is 1. The van der Waals surface area contributed by atoms with E-state index in [1.807, 2.05) is 12.3 Å². The summed E-state index contributed by atoms with van der Waals surface area (Å²) in [5.41, 5.74) is 15.4. The molecule has 3 aromatic rings. The molecule has 0 saturated heterocycles. The summed E-state index contributed by atoms with van der Waals surface area (Å²) in [5, 5.41) is 4.04. The van der Waals surface area contributed by atoms with Gasteiger partial charge in [-0.2, -0.15) is 4.98 Å². The van der Waals surface area contributed by atoms with Gasteiger partial charge in [0, 0.05) is 34.9 Å². The fraction of sp³-hybridized carbons (Fsp3) is 0.133. The first-order valence-corrected chi connectivity index (χ1v) is 6.60. The number of aromatic nitrogens is 3. The molecular formula is C15H15N5O. The Balaban J connectivity index is 2.04. The minimum absolute atomic E-state index is 0.392. The van der Waals surface area contributed by atoms with Gasteiger partial charge in [0.25, 0.3) is 5.89 Å². The number of nitrogen functional groups attached to an aromatic ring is 2. The number of hydrogen-bond donors (Lipinski definition) is 2. The Labute approximate surface area is 121 Å². The SMILES string of the molecule is CCc1cnccc1-c1noc(-c2cc(N)cc(N)c2)n1. The van der Waals surface area contributed by atoms with Crippen LogP contribution in [0.25, 0.3) is 22.8 Å². The molecule has 0 aliphatic rings. The highest BCUT2D eigenvalue weighted by Gasteiger charge is 2.13. The minimum atomic E-state index is 0.392. The molecule has 2 heterocycles. The molecule has 0 saturated carbocycles. The third-order valence-corrected chi connectivity index (χ3v) is 3.18. The largest absolute Gasteiger partial charge is 0.399 e. The van der Waals surface area contributed by atoms with Crippen LogP contribution in [0.5, 0.6) is 0 Å². The number of pyridine rings is 1. The second-order valence-electron chi connectivity index (χ2n) is 4.70. The molecule has 0 unspecified atom stereocenters. The molecule has 0 spiro atoms. The van der Waals surface area contributed by atoms with E-state index in [4.69, 9.17) is 16.0 Å². The van der Waals surface area contributed by atoms with Gasteiger partial charge < -0.3 is 16.0 Å². The van der Waals surface area contributed by atoms with Gasteiger partial charge in [0.15, 0.2) is 0 Å². The first-order valence-electron chi connectivity index (χ1n) is 6.60. The molecule has 0 fully saturated rings. The average Bonchev–Trinajstić information content (AvgIpc) is 2.96. The van der Waals surface area contributed by atoms with Gasteiger partial charge in [-0.25, -0.2) is 0 Å². The lowest BCUT2D eigenvalue weighted by atomic mass is 10.1. The van der Waals surface area contributed by atoms with Gasteiger partial charge in [-0.3, -0.25) is 4.98 Å². The van der Waals surface area contributed by atoms with Crippen LogP contribution < -0.4 is 11.5 Å². The normalized spacial score (nSPS) is 10.7. The van der Waals surface area contributed by atoms with E-state index < -0.39 is 0 Å². The Morgan fingerprint density at radius 2 is 1.90 bits per heavy atom. The third kappa shape index (κ3) is 2.55. The maximum absolute atomic E-state index is 5.78. The van der Waals surface area contributed by atoms with Crippen LogP contribution in [-0.4, -0.2) is 15.1 Å². The molecule has 106 valence electrons. The number of hydrogen-bond acceptors (Lipinski definition) is 6. The molecule has 6 nitrogen and oxygen atoms in total. The van der Waals surface area contributed by atoms with E-state index >= 15 is 0 Å². The van der Waals surface area contributed by atoms with Crippen molar-refractivity contribution in [2.24, 2.45) is 0 Å².